The quantitative estimate of drug-likeness (QED) is 0.511. The van der Waals surface area contributed by atoms with Crippen molar-refractivity contribution in [2.75, 3.05) is 5.32 Å². The highest BCUT2D eigenvalue weighted by Crippen LogP contribution is 2.24. The molecular formula is C23H25N5O3. The maximum absolute atomic E-state index is 13.2. The Balaban J connectivity index is 1.75. The summed E-state index contributed by atoms with van der Waals surface area (Å²) in [5, 5.41) is 6.91. The van der Waals surface area contributed by atoms with Gasteiger partial charge in [-0.1, -0.05) is 30.3 Å². The number of carbonyl (C=O) groups excluding carboxylic acids is 1. The molecule has 0 atom stereocenters. The summed E-state index contributed by atoms with van der Waals surface area (Å²) in [7, 11) is 0. The Labute approximate surface area is 179 Å². The van der Waals surface area contributed by atoms with Gasteiger partial charge in [-0.15, -0.1) is 0 Å². The van der Waals surface area contributed by atoms with E-state index in [-0.39, 0.29) is 24.2 Å². The van der Waals surface area contributed by atoms with E-state index >= 15 is 0 Å². The number of amides is 1. The molecule has 1 N–H and O–H groups in total. The second kappa shape index (κ2) is 8.22. The highest BCUT2D eigenvalue weighted by atomic mass is 16.5. The zero-order chi connectivity index (χ0) is 22.1. The summed E-state index contributed by atoms with van der Waals surface area (Å²) < 4.78 is 8.27. The van der Waals surface area contributed by atoms with Crippen LogP contribution >= 0.6 is 0 Å². The number of nitrogens with one attached hydrogen (secondary N) is 1. The van der Waals surface area contributed by atoms with E-state index in [4.69, 9.17) is 4.52 Å². The fourth-order valence-corrected chi connectivity index (χ4v) is 3.77. The van der Waals surface area contributed by atoms with E-state index in [2.05, 4.69) is 15.5 Å². The van der Waals surface area contributed by atoms with E-state index in [1.807, 2.05) is 63.2 Å². The number of carbonyl (C=O) groups is 1. The van der Waals surface area contributed by atoms with Crippen molar-refractivity contribution in [3.05, 3.63) is 64.4 Å². The molecule has 2 heterocycles. The topological polar surface area (TPSA) is 95.0 Å². The third-order valence-corrected chi connectivity index (χ3v) is 5.24. The van der Waals surface area contributed by atoms with Gasteiger partial charge < -0.3 is 9.84 Å². The van der Waals surface area contributed by atoms with Crippen molar-refractivity contribution >= 4 is 22.6 Å². The lowest BCUT2D eigenvalue weighted by atomic mass is 10.1. The van der Waals surface area contributed by atoms with Gasteiger partial charge in [0.15, 0.2) is 0 Å². The van der Waals surface area contributed by atoms with Gasteiger partial charge in [0, 0.05) is 24.2 Å². The zero-order valence-corrected chi connectivity index (χ0v) is 18.0. The molecule has 0 fully saturated rings. The van der Waals surface area contributed by atoms with Crippen LogP contribution in [0.1, 0.15) is 38.3 Å². The highest BCUT2D eigenvalue weighted by Gasteiger charge is 2.19. The van der Waals surface area contributed by atoms with Crippen LogP contribution < -0.4 is 11.0 Å². The first kappa shape index (κ1) is 20.6. The number of aromatic nitrogens is 4. The number of para-hydroxylation sites is 1. The molecule has 31 heavy (non-hydrogen) atoms. The molecule has 8 nitrogen and oxygen atoms in total. The van der Waals surface area contributed by atoms with Crippen molar-refractivity contribution in [1.29, 1.82) is 0 Å². The van der Waals surface area contributed by atoms with E-state index in [9.17, 15) is 9.59 Å². The van der Waals surface area contributed by atoms with Crippen LogP contribution in [-0.4, -0.2) is 25.2 Å². The van der Waals surface area contributed by atoms with Gasteiger partial charge in [-0.2, -0.15) is 4.98 Å². The van der Waals surface area contributed by atoms with Crippen LogP contribution in [0.5, 0.6) is 0 Å². The van der Waals surface area contributed by atoms with Crippen molar-refractivity contribution < 1.29 is 9.32 Å². The smallest absolute Gasteiger partial charge is 0.329 e. The van der Waals surface area contributed by atoms with Crippen LogP contribution in [0.2, 0.25) is 0 Å². The zero-order valence-electron chi connectivity index (χ0n) is 18.0. The summed E-state index contributed by atoms with van der Waals surface area (Å²) >= 11 is 0. The van der Waals surface area contributed by atoms with Crippen molar-refractivity contribution in [2.24, 2.45) is 0 Å². The van der Waals surface area contributed by atoms with Crippen LogP contribution in [-0.2, 0) is 17.8 Å². The molecule has 0 aliphatic carbocycles. The van der Waals surface area contributed by atoms with Crippen molar-refractivity contribution in [2.45, 2.75) is 46.7 Å². The molecule has 4 aromatic rings. The summed E-state index contributed by atoms with van der Waals surface area (Å²) in [4.78, 5) is 30.3. The largest absolute Gasteiger partial charge is 0.339 e. The first-order chi connectivity index (χ1) is 14.9. The van der Waals surface area contributed by atoms with Crippen LogP contribution in [0.15, 0.2) is 51.8 Å². The molecular weight excluding hydrogens is 394 g/mol. The first-order valence-corrected chi connectivity index (χ1v) is 10.3. The minimum Gasteiger partial charge on any atom is -0.339 e. The summed E-state index contributed by atoms with van der Waals surface area (Å²) in [6, 6.07) is 13.2. The number of rotatable bonds is 6. The lowest BCUT2D eigenvalue weighted by Gasteiger charge is -2.10. The average molecular weight is 419 g/mol. The third kappa shape index (κ3) is 3.88. The van der Waals surface area contributed by atoms with Crippen molar-refractivity contribution in [3.8, 4) is 11.4 Å². The Morgan fingerprint density at radius 3 is 2.61 bits per heavy atom. The van der Waals surface area contributed by atoms with Gasteiger partial charge >= 0.3 is 5.69 Å². The van der Waals surface area contributed by atoms with Gasteiger partial charge in [0.25, 0.3) is 0 Å². The maximum Gasteiger partial charge on any atom is 0.329 e. The Hall–Kier alpha value is -3.68. The number of fused-ring (bicyclic) bond motifs is 1. The molecule has 0 spiro atoms. The predicted octanol–water partition coefficient (Wildman–Crippen LogP) is 3.94. The van der Waals surface area contributed by atoms with Gasteiger partial charge in [0.05, 0.1) is 11.0 Å². The molecule has 0 saturated carbocycles. The lowest BCUT2D eigenvalue weighted by Crippen LogP contribution is -2.30. The molecule has 4 rings (SSSR count). The van der Waals surface area contributed by atoms with Crippen molar-refractivity contribution in [1.82, 2.24) is 19.3 Å². The molecule has 160 valence electrons. The Morgan fingerprint density at radius 1 is 1.16 bits per heavy atom. The number of hydrogen-bond donors (Lipinski definition) is 1. The summed E-state index contributed by atoms with van der Waals surface area (Å²) in [5.74, 6) is 0.643. The molecule has 0 aliphatic heterocycles. The second-order valence-electron chi connectivity index (χ2n) is 7.73. The first-order valence-electron chi connectivity index (χ1n) is 10.3. The fraction of sp³-hybridized carbons (Fsp3) is 0.304. The molecule has 2 aromatic carbocycles. The average Bonchev–Trinajstić information content (AvgIpc) is 3.29. The molecule has 0 saturated heterocycles. The number of nitrogens with zero attached hydrogens (tertiary/aromatic N) is 4. The fourth-order valence-electron chi connectivity index (χ4n) is 3.77. The normalized spacial score (nSPS) is 11.4. The molecule has 1 amide bonds. The van der Waals surface area contributed by atoms with Crippen LogP contribution in [0, 0.1) is 6.92 Å². The van der Waals surface area contributed by atoms with E-state index in [1.54, 1.807) is 11.5 Å². The Kier molecular flexibility index (Phi) is 5.46. The molecule has 0 bridgehead atoms. The predicted molar refractivity (Wildman–Crippen MR) is 119 cm³/mol. The number of aryl methyl sites for hydroxylation is 2. The number of imidazole rings is 1. The third-order valence-electron chi connectivity index (χ3n) is 5.24. The van der Waals surface area contributed by atoms with Gasteiger partial charge in [-0.3, -0.25) is 13.9 Å². The van der Waals surface area contributed by atoms with E-state index < -0.39 is 0 Å². The molecule has 8 heteroatoms. The number of benzene rings is 2. The summed E-state index contributed by atoms with van der Waals surface area (Å²) in [6.45, 7) is 7.55. The van der Waals surface area contributed by atoms with E-state index in [0.717, 1.165) is 28.8 Å². The summed E-state index contributed by atoms with van der Waals surface area (Å²) in [6.07, 6.45) is 0.802. The van der Waals surface area contributed by atoms with Gasteiger partial charge in [0.1, 0.15) is 6.54 Å². The standard InChI is InChI=1S/C23H25N5O3/c1-5-16-8-6-7-9-18(16)25-21(29)13-27-20-12-17(22-24-15(4)31-26-22)10-11-19(20)28(14(2)3)23(27)30/h6-12,14H,5,13H2,1-4H3,(H,25,29). The van der Waals surface area contributed by atoms with Gasteiger partial charge in [-0.05, 0) is 50.1 Å². The maximum atomic E-state index is 13.2. The van der Waals surface area contributed by atoms with Crippen LogP contribution in [0.25, 0.3) is 22.4 Å². The van der Waals surface area contributed by atoms with Gasteiger partial charge in [-0.25, -0.2) is 4.79 Å². The molecule has 0 aliphatic rings. The molecule has 0 unspecified atom stereocenters. The number of anilines is 1. The second-order valence-corrected chi connectivity index (χ2v) is 7.73. The monoisotopic (exact) mass is 419 g/mol. The Bertz CT molecular complexity index is 1310. The molecule has 2 aromatic heterocycles. The Morgan fingerprint density at radius 2 is 1.94 bits per heavy atom. The lowest BCUT2D eigenvalue weighted by molar-refractivity contribution is -0.116. The highest BCUT2D eigenvalue weighted by molar-refractivity contribution is 5.92. The van der Waals surface area contributed by atoms with Crippen LogP contribution in [0.4, 0.5) is 5.69 Å². The molecule has 0 radical (unpaired) electrons. The van der Waals surface area contributed by atoms with Gasteiger partial charge in [0.2, 0.25) is 17.6 Å². The van der Waals surface area contributed by atoms with E-state index in [0.29, 0.717) is 17.2 Å². The minimum atomic E-state index is -0.258. The van der Waals surface area contributed by atoms with Crippen LogP contribution in [0.3, 0.4) is 0 Å². The van der Waals surface area contributed by atoms with E-state index in [1.165, 1.54) is 4.57 Å². The SMILES string of the molecule is CCc1ccccc1NC(=O)Cn1c(=O)n(C(C)C)c2ccc(-c3noc(C)n3)cc21. The summed E-state index contributed by atoms with van der Waals surface area (Å²) in [5.41, 5.74) is 3.70. The minimum absolute atomic E-state index is 0.0570. The number of hydrogen-bond acceptors (Lipinski definition) is 5. The van der Waals surface area contributed by atoms with Crippen molar-refractivity contribution in [3.63, 3.8) is 0 Å².